The van der Waals surface area contributed by atoms with Gasteiger partial charge < -0.3 is 10.1 Å². The maximum absolute atomic E-state index is 13.4. The smallest absolute Gasteiger partial charge is 0.246 e. The first kappa shape index (κ1) is 27.4. The zero-order valence-electron chi connectivity index (χ0n) is 20.1. The highest BCUT2D eigenvalue weighted by Crippen LogP contribution is 2.32. The Morgan fingerprint density at radius 2 is 1.89 bits per heavy atom. The summed E-state index contributed by atoms with van der Waals surface area (Å²) in [6.07, 6.45) is 0.996. The quantitative estimate of drug-likeness (QED) is 0.546. The van der Waals surface area contributed by atoms with Gasteiger partial charge in [0, 0.05) is 37.9 Å². The van der Waals surface area contributed by atoms with E-state index in [-0.39, 0.29) is 46.2 Å². The number of halogens is 1. The van der Waals surface area contributed by atoms with Gasteiger partial charge in [0.05, 0.1) is 17.4 Å². The molecule has 0 radical (unpaired) electrons. The number of carbonyl (C=O) groups excluding carboxylic acids is 1. The first-order valence-electron chi connectivity index (χ1n) is 11.1. The molecule has 1 aliphatic heterocycles. The van der Waals surface area contributed by atoms with Crippen molar-refractivity contribution < 1.29 is 26.4 Å². The van der Waals surface area contributed by atoms with Gasteiger partial charge in [-0.05, 0) is 62.6 Å². The number of anilines is 1. The molecule has 1 aliphatic rings. The number of nitrogens with zero attached hydrogens (tertiary/aromatic N) is 2. The minimum atomic E-state index is -3.96. The first-order chi connectivity index (χ1) is 16.4. The van der Waals surface area contributed by atoms with Crippen LogP contribution >= 0.6 is 11.6 Å². The van der Waals surface area contributed by atoms with Crippen LogP contribution in [0.5, 0.6) is 5.75 Å². The fourth-order valence-corrected chi connectivity index (χ4v) is 6.66. The predicted octanol–water partition coefficient (Wildman–Crippen LogP) is 3.34. The number of aryl methyl sites for hydroxylation is 1. The Balaban J connectivity index is 1.83. The summed E-state index contributed by atoms with van der Waals surface area (Å²) in [4.78, 5) is 13.1. The molecule has 1 heterocycles. The Hall–Kier alpha value is -2.18. The molecule has 1 amide bonds. The number of hydrogen-bond acceptors (Lipinski definition) is 6. The van der Waals surface area contributed by atoms with Crippen molar-refractivity contribution in [2.45, 2.75) is 36.5 Å². The Labute approximate surface area is 212 Å². The van der Waals surface area contributed by atoms with Crippen LogP contribution in [0.15, 0.2) is 46.2 Å². The van der Waals surface area contributed by atoms with Crippen molar-refractivity contribution in [3.63, 3.8) is 0 Å². The molecule has 0 spiro atoms. The molecule has 0 unspecified atom stereocenters. The van der Waals surface area contributed by atoms with Crippen LogP contribution in [-0.2, 0) is 24.8 Å². The van der Waals surface area contributed by atoms with Gasteiger partial charge in [-0.15, -0.1) is 0 Å². The molecule has 9 nitrogen and oxygen atoms in total. The number of benzene rings is 2. The number of piperidine rings is 1. The highest BCUT2D eigenvalue weighted by molar-refractivity contribution is 7.89. The predicted molar refractivity (Wildman–Crippen MR) is 135 cm³/mol. The van der Waals surface area contributed by atoms with Crippen molar-refractivity contribution in [2.24, 2.45) is 5.92 Å². The first-order valence-corrected chi connectivity index (χ1v) is 14.4. The van der Waals surface area contributed by atoms with Gasteiger partial charge in [-0.2, -0.15) is 4.31 Å². The lowest BCUT2D eigenvalue weighted by Crippen LogP contribution is -2.43. The number of sulfonamides is 2. The zero-order valence-corrected chi connectivity index (χ0v) is 22.5. The van der Waals surface area contributed by atoms with Gasteiger partial charge in [0.1, 0.15) is 10.6 Å². The highest BCUT2D eigenvalue weighted by Gasteiger charge is 2.35. The average Bonchev–Trinajstić information content (AvgIpc) is 2.81. The van der Waals surface area contributed by atoms with Gasteiger partial charge in [-0.25, -0.2) is 21.1 Å². The third-order valence-electron chi connectivity index (χ3n) is 5.82. The molecule has 35 heavy (non-hydrogen) atoms. The highest BCUT2D eigenvalue weighted by atomic mass is 35.5. The van der Waals surface area contributed by atoms with Crippen molar-refractivity contribution >= 4 is 43.2 Å². The van der Waals surface area contributed by atoms with E-state index in [2.05, 4.69) is 5.32 Å². The van der Waals surface area contributed by atoms with Crippen molar-refractivity contribution in [3.05, 3.63) is 47.0 Å². The molecular weight excluding hydrogens is 514 g/mol. The minimum Gasteiger partial charge on any atom is -0.492 e. The third-order valence-corrected chi connectivity index (χ3v) is 9.76. The SMILES string of the molecule is CCOc1ccc(Cl)cc1S(=O)(=O)N1CCC[C@H](C(=O)Nc2cc(S(=O)(=O)N(C)C)ccc2C)C1. The minimum absolute atomic E-state index is 0.0129. The molecule has 2 aromatic rings. The molecule has 1 saturated heterocycles. The van der Waals surface area contributed by atoms with E-state index in [1.807, 2.05) is 0 Å². The van der Waals surface area contributed by atoms with Crippen LogP contribution in [0.25, 0.3) is 0 Å². The summed E-state index contributed by atoms with van der Waals surface area (Å²) in [6, 6.07) is 8.95. The van der Waals surface area contributed by atoms with Crippen LogP contribution < -0.4 is 10.1 Å². The maximum Gasteiger partial charge on any atom is 0.246 e. The number of carbonyl (C=O) groups is 1. The van der Waals surface area contributed by atoms with Crippen LogP contribution in [-0.4, -0.2) is 65.1 Å². The van der Waals surface area contributed by atoms with Crippen molar-refractivity contribution in [1.82, 2.24) is 8.61 Å². The summed E-state index contributed by atoms with van der Waals surface area (Å²) in [5.74, 6) is -0.775. The number of ether oxygens (including phenoxy) is 1. The van der Waals surface area contributed by atoms with Gasteiger partial charge in [-0.1, -0.05) is 17.7 Å². The van der Waals surface area contributed by atoms with Gasteiger partial charge in [-0.3, -0.25) is 4.79 Å². The molecule has 0 bridgehead atoms. The van der Waals surface area contributed by atoms with E-state index in [0.717, 1.165) is 4.31 Å². The number of nitrogens with one attached hydrogen (secondary N) is 1. The maximum atomic E-state index is 13.4. The van der Waals surface area contributed by atoms with E-state index in [0.29, 0.717) is 24.1 Å². The van der Waals surface area contributed by atoms with Gasteiger partial charge in [0.15, 0.2) is 0 Å². The standard InChI is InChI=1S/C23H30ClN3O6S2/c1-5-33-21-11-9-18(24)13-22(21)35(31,32)27-12-6-7-17(15-27)23(28)25-20-14-19(10-8-16(20)2)34(29,30)26(3)4/h8-11,13-14,17H,5-7,12,15H2,1-4H3,(H,25,28)/t17-/m0/s1. The summed E-state index contributed by atoms with van der Waals surface area (Å²) < 4.78 is 59.7. The molecule has 3 rings (SSSR count). The Kier molecular flexibility index (Phi) is 8.48. The Bertz CT molecular complexity index is 1310. The molecule has 1 fully saturated rings. The Morgan fingerprint density at radius 1 is 1.17 bits per heavy atom. The van der Waals surface area contributed by atoms with Crippen molar-refractivity contribution in [2.75, 3.05) is 39.1 Å². The van der Waals surface area contributed by atoms with E-state index in [1.54, 1.807) is 26.0 Å². The normalized spacial score (nSPS) is 17.4. The number of amides is 1. The van der Waals surface area contributed by atoms with E-state index >= 15 is 0 Å². The summed E-state index contributed by atoms with van der Waals surface area (Å²) in [5, 5.41) is 3.06. The molecule has 1 atom stereocenters. The number of rotatable bonds is 8. The average molecular weight is 544 g/mol. The molecule has 0 aromatic heterocycles. The summed E-state index contributed by atoms with van der Waals surface area (Å²) in [5.41, 5.74) is 1.06. The van der Waals surface area contributed by atoms with E-state index in [1.165, 1.54) is 42.7 Å². The van der Waals surface area contributed by atoms with Crippen LogP contribution in [0.1, 0.15) is 25.3 Å². The lowest BCUT2D eigenvalue weighted by molar-refractivity contribution is -0.120. The second-order valence-corrected chi connectivity index (χ2v) is 13.0. The molecule has 2 aromatic carbocycles. The van der Waals surface area contributed by atoms with Crippen LogP contribution in [0.4, 0.5) is 5.69 Å². The molecule has 0 aliphatic carbocycles. The van der Waals surface area contributed by atoms with E-state index in [9.17, 15) is 21.6 Å². The second-order valence-electron chi connectivity index (χ2n) is 8.48. The lowest BCUT2D eigenvalue weighted by atomic mass is 9.98. The van der Waals surface area contributed by atoms with Crippen molar-refractivity contribution in [1.29, 1.82) is 0 Å². The van der Waals surface area contributed by atoms with Crippen molar-refractivity contribution in [3.8, 4) is 5.75 Å². The monoisotopic (exact) mass is 543 g/mol. The fourth-order valence-electron chi connectivity index (χ4n) is 3.81. The molecule has 0 saturated carbocycles. The van der Waals surface area contributed by atoms with Gasteiger partial charge in [0.25, 0.3) is 0 Å². The molecular formula is C23H30ClN3O6S2. The second kappa shape index (κ2) is 10.8. The molecule has 12 heteroatoms. The zero-order chi connectivity index (χ0) is 26.0. The Morgan fingerprint density at radius 3 is 2.54 bits per heavy atom. The van der Waals surface area contributed by atoms with Crippen LogP contribution in [0, 0.1) is 12.8 Å². The summed E-state index contributed by atoms with van der Waals surface area (Å²) in [6.45, 7) is 4.05. The van der Waals surface area contributed by atoms with E-state index in [4.69, 9.17) is 16.3 Å². The molecule has 192 valence electrons. The number of hydrogen-bond donors (Lipinski definition) is 1. The van der Waals surface area contributed by atoms with Crippen LogP contribution in [0.3, 0.4) is 0 Å². The largest absolute Gasteiger partial charge is 0.492 e. The van der Waals surface area contributed by atoms with Crippen LogP contribution in [0.2, 0.25) is 5.02 Å². The third kappa shape index (κ3) is 5.97. The summed E-state index contributed by atoms with van der Waals surface area (Å²) >= 11 is 6.06. The lowest BCUT2D eigenvalue weighted by Gasteiger charge is -2.31. The van der Waals surface area contributed by atoms with Gasteiger partial charge in [0.2, 0.25) is 26.0 Å². The van der Waals surface area contributed by atoms with Gasteiger partial charge >= 0.3 is 0 Å². The fraction of sp³-hybridized carbons (Fsp3) is 0.435. The molecule has 1 N–H and O–H groups in total. The topological polar surface area (TPSA) is 113 Å². The van der Waals surface area contributed by atoms with E-state index < -0.39 is 26.0 Å². The summed E-state index contributed by atoms with van der Waals surface area (Å²) in [7, 11) is -4.77.